The summed E-state index contributed by atoms with van der Waals surface area (Å²) in [7, 11) is 0. The third kappa shape index (κ3) is 4.18. The molecule has 1 aromatic carbocycles. The molecule has 6 heteroatoms. The average molecular weight is 300 g/mol. The van der Waals surface area contributed by atoms with Gasteiger partial charge in [-0.15, -0.1) is 0 Å². The standard InChI is InChI=1S/C14H18F2N2OS/c1-9-8-10(6-7-17-9)13(19)18-11-4-2-3-5-12(11)20-14(15)16/h2-5,9-10,14,17H,6-8H2,1H3,(H,18,19)/t9-,10-/m0/s1. The molecule has 2 rings (SSSR count). The first-order valence-electron chi connectivity index (χ1n) is 6.64. The van der Waals surface area contributed by atoms with E-state index in [1.165, 1.54) is 0 Å². The highest BCUT2D eigenvalue weighted by Crippen LogP contribution is 2.32. The van der Waals surface area contributed by atoms with E-state index in [0.29, 0.717) is 28.4 Å². The fourth-order valence-corrected chi connectivity index (χ4v) is 2.97. The number of rotatable bonds is 4. The molecular formula is C14H18F2N2OS. The summed E-state index contributed by atoms with van der Waals surface area (Å²) in [5, 5.41) is 6.07. The molecule has 1 aromatic rings. The molecule has 20 heavy (non-hydrogen) atoms. The molecule has 0 saturated carbocycles. The molecule has 1 aliphatic heterocycles. The number of nitrogens with one attached hydrogen (secondary N) is 2. The number of piperidine rings is 1. The van der Waals surface area contributed by atoms with Crippen LogP contribution in [0.3, 0.4) is 0 Å². The Labute approximate surface area is 121 Å². The SMILES string of the molecule is C[C@H]1C[C@@H](C(=O)Nc2ccccc2SC(F)F)CCN1. The van der Waals surface area contributed by atoms with Crippen LogP contribution in [-0.4, -0.2) is 24.3 Å². The Morgan fingerprint density at radius 3 is 2.90 bits per heavy atom. The van der Waals surface area contributed by atoms with E-state index in [-0.39, 0.29) is 11.8 Å². The van der Waals surface area contributed by atoms with Crippen LogP contribution in [0.1, 0.15) is 19.8 Å². The van der Waals surface area contributed by atoms with Crippen LogP contribution >= 0.6 is 11.8 Å². The van der Waals surface area contributed by atoms with Gasteiger partial charge in [0, 0.05) is 16.9 Å². The highest BCUT2D eigenvalue weighted by Gasteiger charge is 2.25. The van der Waals surface area contributed by atoms with Crippen LogP contribution in [0.4, 0.5) is 14.5 Å². The zero-order chi connectivity index (χ0) is 14.5. The van der Waals surface area contributed by atoms with Gasteiger partial charge in [0.15, 0.2) is 0 Å². The number of anilines is 1. The zero-order valence-electron chi connectivity index (χ0n) is 11.2. The van der Waals surface area contributed by atoms with Crippen molar-refractivity contribution in [1.29, 1.82) is 0 Å². The number of hydrogen-bond acceptors (Lipinski definition) is 3. The fourth-order valence-electron chi connectivity index (χ4n) is 2.37. The predicted octanol–water partition coefficient (Wildman–Crippen LogP) is 3.33. The molecule has 2 N–H and O–H groups in total. The van der Waals surface area contributed by atoms with Gasteiger partial charge in [-0.05, 0) is 38.4 Å². The minimum Gasteiger partial charge on any atom is -0.325 e. The van der Waals surface area contributed by atoms with Gasteiger partial charge < -0.3 is 10.6 Å². The summed E-state index contributed by atoms with van der Waals surface area (Å²) in [6.45, 7) is 2.85. The minimum atomic E-state index is -2.49. The molecule has 110 valence electrons. The van der Waals surface area contributed by atoms with Crippen molar-refractivity contribution in [2.75, 3.05) is 11.9 Å². The molecule has 1 aliphatic rings. The number of thioether (sulfide) groups is 1. The lowest BCUT2D eigenvalue weighted by Gasteiger charge is -2.27. The molecule has 1 fully saturated rings. The van der Waals surface area contributed by atoms with Crippen LogP contribution in [0.25, 0.3) is 0 Å². The second-order valence-corrected chi connectivity index (χ2v) is 5.97. The number of para-hydroxylation sites is 1. The van der Waals surface area contributed by atoms with Crippen molar-refractivity contribution >= 4 is 23.4 Å². The first-order valence-corrected chi connectivity index (χ1v) is 7.52. The van der Waals surface area contributed by atoms with Gasteiger partial charge in [-0.25, -0.2) is 0 Å². The maximum atomic E-state index is 12.5. The highest BCUT2D eigenvalue weighted by atomic mass is 32.2. The van der Waals surface area contributed by atoms with Crippen molar-refractivity contribution in [1.82, 2.24) is 5.32 Å². The molecule has 3 nitrogen and oxygen atoms in total. The number of amides is 1. The Balaban J connectivity index is 2.03. The minimum absolute atomic E-state index is 0.0594. The van der Waals surface area contributed by atoms with Crippen LogP contribution in [0, 0.1) is 5.92 Å². The number of alkyl halides is 2. The van der Waals surface area contributed by atoms with E-state index in [0.717, 1.165) is 19.4 Å². The van der Waals surface area contributed by atoms with Crippen LogP contribution in [0.15, 0.2) is 29.2 Å². The van der Waals surface area contributed by atoms with Crippen molar-refractivity contribution in [3.63, 3.8) is 0 Å². The Hall–Kier alpha value is -1.14. The summed E-state index contributed by atoms with van der Waals surface area (Å²) in [5.74, 6) is -2.64. The molecule has 1 saturated heterocycles. The van der Waals surface area contributed by atoms with Crippen LogP contribution in [0.5, 0.6) is 0 Å². The van der Waals surface area contributed by atoms with E-state index in [9.17, 15) is 13.6 Å². The highest BCUT2D eigenvalue weighted by molar-refractivity contribution is 7.99. The first kappa shape index (κ1) is 15.3. The number of carbonyl (C=O) groups is 1. The van der Waals surface area contributed by atoms with Gasteiger partial charge in [-0.2, -0.15) is 8.78 Å². The van der Waals surface area contributed by atoms with Crippen LogP contribution < -0.4 is 10.6 Å². The van der Waals surface area contributed by atoms with Crippen molar-refractivity contribution in [3.8, 4) is 0 Å². The van der Waals surface area contributed by atoms with E-state index in [1.807, 2.05) is 6.92 Å². The van der Waals surface area contributed by atoms with Gasteiger partial charge in [0.05, 0.1) is 5.69 Å². The monoisotopic (exact) mass is 300 g/mol. The van der Waals surface area contributed by atoms with Crippen molar-refractivity contribution < 1.29 is 13.6 Å². The quantitative estimate of drug-likeness (QED) is 0.838. The zero-order valence-corrected chi connectivity index (χ0v) is 12.1. The molecule has 0 bridgehead atoms. The summed E-state index contributed by atoms with van der Waals surface area (Å²) < 4.78 is 25.0. The number of halogens is 2. The Morgan fingerprint density at radius 2 is 2.20 bits per heavy atom. The largest absolute Gasteiger partial charge is 0.325 e. The predicted molar refractivity (Wildman–Crippen MR) is 77.1 cm³/mol. The molecule has 1 heterocycles. The number of hydrogen-bond donors (Lipinski definition) is 2. The normalized spacial score (nSPS) is 22.8. The molecule has 0 aromatic heterocycles. The maximum Gasteiger partial charge on any atom is 0.288 e. The van der Waals surface area contributed by atoms with E-state index in [4.69, 9.17) is 0 Å². The third-order valence-corrected chi connectivity index (χ3v) is 4.14. The topological polar surface area (TPSA) is 41.1 Å². The second-order valence-electron chi connectivity index (χ2n) is 4.94. The number of benzene rings is 1. The van der Waals surface area contributed by atoms with E-state index in [2.05, 4.69) is 10.6 Å². The lowest BCUT2D eigenvalue weighted by molar-refractivity contribution is -0.120. The average Bonchev–Trinajstić information content (AvgIpc) is 2.40. The van der Waals surface area contributed by atoms with Gasteiger partial charge in [0.1, 0.15) is 0 Å². The summed E-state index contributed by atoms with van der Waals surface area (Å²) in [5.41, 5.74) is 0.467. The smallest absolute Gasteiger partial charge is 0.288 e. The van der Waals surface area contributed by atoms with Crippen molar-refractivity contribution in [2.45, 2.75) is 36.5 Å². The molecule has 0 spiro atoms. The van der Waals surface area contributed by atoms with Gasteiger partial charge in [-0.1, -0.05) is 23.9 Å². The molecule has 1 amide bonds. The van der Waals surface area contributed by atoms with E-state index in [1.54, 1.807) is 24.3 Å². The van der Waals surface area contributed by atoms with E-state index < -0.39 is 5.76 Å². The lowest BCUT2D eigenvalue weighted by Crippen LogP contribution is -2.40. The summed E-state index contributed by atoms with van der Waals surface area (Å²) in [4.78, 5) is 12.6. The molecule has 2 atom stereocenters. The maximum absolute atomic E-state index is 12.5. The number of carbonyl (C=O) groups excluding carboxylic acids is 1. The molecule has 0 radical (unpaired) electrons. The molecular weight excluding hydrogens is 282 g/mol. The fraction of sp³-hybridized carbons (Fsp3) is 0.500. The van der Waals surface area contributed by atoms with Crippen molar-refractivity contribution in [3.05, 3.63) is 24.3 Å². The summed E-state index contributed by atoms with van der Waals surface area (Å²) in [6.07, 6.45) is 1.55. The van der Waals surface area contributed by atoms with Gasteiger partial charge >= 0.3 is 0 Å². The van der Waals surface area contributed by atoms with Gasteiger partial charge in [0.2, 0.25) is 5.91 Å². The third-order valence-electron chi connectivity index (χ3n) is 3.36. The van der Waals surface area contributed by atoms with Gasteiger partial charge in [-0.3, -0.25) is 4.79 Å². The van der Waals surface area contributed by atoms with Crippen LogP contribution in [0.2, 0.25) is 0 Å². The summed E-state index contributed by atoms with van der Waals surface area (Å²) in [6, 6.07) is 6.98. The first-order chi connectivity index (χ1) is 9.56. The molecule has 0 unspecified atom stereocenters. The van der Waals surface area contributed by atoms with Crippen molar-refractivity contribution in [2.24, 2.45) is 5.92 Å². The Morgan fingerprint density at radius 1 is 1.45 bits per heavy atom. The lowest BCUT2D eigenvalue weighted by atomic mass is 9.92. The molecule has 0 aliphatic carbocycles. The van der Waals surface area contributed by atoms with Crippen LogP contribution in [-0.2, 0) is 4.79 Å². The van der Waals surface area contributed by atoms with Gasteiger partial charge in [0.25, 0.3) is 5.76 Å². The Bertz CT molecular complexity index is 470. The van der Waals surface area contributed by atoms with E-state index >= 15 is 0 Å². The summed E-state index contributed by atoms with van der Waals surface area (Å²) >= 11 is 0.454. The second kappa shape index (κ2) is 7.04. The Kier molecular flexibility index (Phi) is 5.37.